The number of hydrogen-bond acceptors (Lipinski definition) is 5. The molecule has 20 heavy (non-hydrogen) atoms. The summed E-state index contributed by atoms with van der Waals surface area (Å²) in [7, 11) is 0. The van der Waals surface area contributed by atoms with E-state index in [0.29, 0.717) is 34.4 Å². The fourth-order valence-electron chi connectivity index (χ4n) is 1.64. The Bertz CT molecular complexity index is 632. The van der Waals surface area contributed by atoms with Crippen LogP contribution in [0.5, 0.6) is 0 Å². The molecule has 1 aromatic heterocycles. The molecule has 0 unspecified atom stereocenters. The van der Waals surface area contributed by atoms with E-state index in [0.717, 1.165) is 0 Å². The van der Waals surface area contributed by atoms with Gasteiger partial charge in [-0.25, -0.2) is 9.78 Å². The van der Waals surface area contributed by atoms with Crippen molar-refractivity contribution in [1.82, 2.24) is 4.98 Å². The summed E-state index contributed by atoms with van der Waals surface area (Å²) in [5.41, 5.74) is 7.20. The Hall–Kier alpha value is -2.27. The van der Waals surface area contributed by atoms with Crippen molar-refractivity contribution < 1.29 is 9.53 Å². The molecular weight excluding hydrogens is 278 g/mol. The van der Waals surface area contributed by atoms with Crippen LogP contribution >= 0.6 is 11.6 Å². The fourth-order valence-corrected chi connectivity index (χ4v) is 1.81. The molecule has 5 nitrogen and oxygen atoms in total. The first-order valence-corrected chi connectivity index (χ1v) is 6.43. The van der Waals surface area contributed by atoms with Crippen molar-refractivity contribution in [2.45, 2.75) is 6.92 Å². The van der Waals surface area contributed by atoms with Crippen LogP contribution in [0.15, 0.2) is 36.5 Å². The molecule has 104 valence electrons. The number of halogens is 1. The molecule has 0 radical (unpaired) electrons. The van der Waals surface area contributed by atoms with E-state index in [9.17, 15) is 4.79 Å². The van der Waals surface area contributed by atoms with E-state index in [1.54, 1.807) is 43.5 Å². The molecule has 0 saturated carbocycles. The normalized spacial score (nSPS) is 10.1. The van der Waals surface area contributed by atoms with E-state index in [-0.39, 0.29) is 0 Å². The van der Waals surface area contributed by atoms with Gasteiger partial charge in [0.25, 0.3) is 0 Å². The minimum Gasteiger partial charge on any atom is -0.462 e. The van der Waals surface area contributed by atoms with Gasteiger partial charge in [0.15, 0.2) is 0 Å². The molecule has 1 aromatic carbocycles. The lowest BCUT2D eigenvalue weighted by atomic mass is 10.2. The molecule has 0 fully saturated rings. The zero-order valence-electron chi connectivity index (χ0n) is 10.9. The smallest absolute Gasteiger partial charge is 0.341 e. The molecule has 0 aliphatic carbocycles. The second-order valence-electron chi connectivity index (χ2n) is 3.98. The number of carbonyl (C=O) groups excluding carboxylic acids is 1. The number of benzene rings is 1. The van der Waals surface area contributed by atoms with Gasteiger partial charge in [-0.2, -0.15) is 0 Å². The molecule has 0 saturated heterocycles. The number of nitrogen functional groups attached to an aromatic ring is 1. The first-order valence-electron chi connectivity index (χ1n) is 6.06. The summed E-state index contributed by atoms with van der Waals surface area (Å²) in [5.74, 6) is -0.0680. The van der Waals surface area contributed by atoms with Gasteiger partial charge in [-0.1, -0.05) is 11.6 Å². The number of hydrogen-bond donors (Lipinski definition) is 2. The second kappa shape index (κ2) is 6.25. The Kier molecular flexibility index (Phi) is 4.42. The highest BCUT2D eigenvalue weighted by Gasteiger charge is 2.14. The fraction of sp³-hybridized carbons (Fsp3) is 0.143. The maximum atomic E-state index is 11.8. The van der Waals surface area contributed by atoms with Gasteiger partial charge < -0.3 is 15.8 Å². The van der Waals surface area contributed by atoms with Gasteiger partial charge >= 0.3 is 5.97 Å². The molecule has 0 aliphatic heterocycles. The summed E-state index contributed by atoms with van der Waals surface area (Å²) in [4.78, 5) is 16.0. The monoisotopic (exact) mass is 291 g/mol. The number of anilines is 3. The Morgan fingerprint density at radius 1 is 1.45 bits per heavy atom. The molecule has 0 aliphatic rings. The zero-order chi connectivity index (χ0) is 14.5. The Labute approximate surface area is 121 Å². The topological polar surface area (TPSA) is 77.2 Å². The van der Waals surface area contributed by atoms with Crippen LogP contribution in [0, 0.1) is 0 Å². The number of nitrogens with zero attached hydrogens (tertiary/aromatic N) is 1. The molecule has 6 heteroatoms. The van der Waals surface area contributed by atoms with E-state index in [1.165, 1.54) is 0 Å². The highest BCUT2D eigenvalue weighted by Crippen LogP contribution is 2.28. The van der Waals surface area contributed by atoms with Crippen LogP contribution in [0.1, 0.15) is 17.3 Å². The molecule has 1 heterocycles. The van der Waals surface area contributed by atoms with Crippen molar-refractivity contribution in [1.29, 1.82) is 0 Å². The lowest BCUT2D eigenvalue weighted by Gasteiger charge is -2.11. The number of nitrogens with two attached hydrogens (primary N) is 1. The third kappa shape index (κ3) is 3.19. The maximum absolute atomic E-state index is 11.8. The van der Waals surface area contributed by atoms with Gasteiger partial charge in [0, 0.05) is 11.9 Å². The van der Waals surface area contributed by atoms with Crippen molar-refractivity contribution in [3.05, 3.63) is 47.1 Å². The van der Waals surface area contributed by atoms with E-state index in [4.69, 9.17) is 22.1 Å². The third-order valence-corrected chi connectivity index (χ3v) is 2.88. The standard InChI is InChI=1S/C14H14ClN3O2/c1-2-20-14(19)10-4-3-7-17-13(10)18-12-8-9(16)5-6-11(12)15/h3-8H,2,16H2,1H3,(H,17,18). The first-order chi connectivity index (χ1) is 9.61. The summed E-state index contributed by atoms with van der Waals surface area (Å²) >= 11 is 6.08. The first kappa shape index (κ1) is 14.1. The molecule has 0 bridgehead atoms. The lowest BCUT2D eigenvalue weighted by Crippen LogP contribution is -2.09. The van der Waals surface area contributed by atoms with Crippen LogP contribution in [0.3, 0.4) is 0 Å². The molecule has 0 atom stereocenters. The predicted octanol–water partition coefficient (Wildman–Crippen LogP) is 3.24. The number of esters is 1. The summed E-state index contributed by atoms with van der Waals surface area (Å²) in [6.45, 7) is 2.04. The average molecular weight is 292 g/mol. The highest BCUT2D eigenvalue weighted by molar-refractivity contribution is 6.33. The summed E-state index contributed by atoms with van der Waals surface area (Å²) < 4.78 is 4.98. The van der Waals surface area contributed by atoms with Crippen molar-refractivity contribution >= 4 is 34.8 Å². The van der Waals surface area contributed by atoms with Crippen LogP contribution in [0.4, 0.5) is 17.2 Å². The Balaban J connectivity index is 2.34. The van der Waals surface area contributed by atoms with Crippen LogP contribution < -0.4 is 11.1 Å². The zero-order valence-corrected chi connectivity index (χ0v) is 11.6. The maximum Gasteiger partial charge on any atom is 0.341 e. The third-order valence-electron chi connectivity index (χ3n) is 2.55. The number of nitrogens with one attached hydrogen (secondary N) is 1. The van der Waals surface area contributed by atoms with Gasteiger partial charge in [0.05, 0.1) is 17.3 Å². The summed E-state index contributed by atoms with van der Waals surface area (Å²) in [5, 5.41) is 3.48. The van der Waals surface area contributed by atoms with E-state index < -0.39 is 5.97 Å². The Morgan fingerprint density at radius 2 is 2.25 bits per heavy atom. The van der Waals surface area contributed by atoms with Gasteiger partial charge in [-0.15, -0.1) is 0 Å². The van der Waals surface area contributed by atoms with Gasteiger partial charge in [-0.05, 0) is 37.3 Å². The minimum atomic E-state index is -0.442. The highest BCUT2D eigenvalue weighted by atomic mass is 35.5. The summed E-state index contributed by atoms with van der Waals surface area (Å²) in [6.07, 6.45) is 1.57. The van der Waals surface area contributed by atoms with Crippen LogP contribution in [-0.2, 0) is 4.74 Å². The van der Waals surface area contributed by atoms with E-state index in [2.05, 4.69) is 10.3 Å². The SMILES string of the molecule is CCOC(=O)c1cccnc1Nc1cc(N)ccc1Cl. The number of pyridine rings is 1. The lowest BCUT2D eigenvalue weighted by molar-refractivity contribution is 0.0527. The Morgan fingerprint density at radius 3 is 3.00 bits per heavy atom. The number of aromatic nitrogens is 1. The van der Waals surface area contributed by atoms with Crippen molar-refractivity contribution in [2.24, 2.45) is 0 Å². The van der Waals surface area contributed by atoms with E-state index in [1.807, 2.05) is 0 Å². The number of rotatable bonds is 4. The molecular formula is C14H14ClN3O2. The molecule has 2 rings (SSSR count). The second-order valence-corrected chi connectivity index (χ2v) is 4.39. The largest absolute Gasteiger partial charge is 0.462 e. The van der Waals surface area contributed by atoms with Crippen molar-refractivity contribution in [3.63, 3.8) is 0 Å². The van der Waals surface area contributed by atoms with Crippen molar-refractivity contribution in [2.75, 3.05) is 17.7 Å². The number of ether oxygens (including phenoxy) is 1. The molecule has 2 aromatic rings. The summed E-state index contributed by atoms with van der Waals surface area (Å²) in [6, 6.07) is 8.34. The van der Waals surface area contributed by atoms with Crippen LogP contribution in [0.2, 0.25) is 5.02 Å². The average Bonchev–Trinajstić information content (AvgIpc) is 2.44. The van der Waals surface area contributed by atoms with Crippen LogP contribution in [0.25, 0.3) is 0 Å². The molecule has 0 spiro atoms. The quantitative estimate of drug-likeness (QED) is 0.668. The van der Waals surface area contributed by atoms with E-state index >= 15 is 0 Å². The molecule has 0 amide bonds. The predicted molar refractivity (Wildman–Crippen MR) is 79.3 cm³/mol. The minimum absolute atomic E-state index is 0.298. The van der Waals surface area contributed by atoms with Gasteiger partial charge in [-0.3, -0.25) is 0 Å². The van der Waals surface area contributed by atoms with Crippen molar-refractivity contribution in [3.8, 4) is 0 Å². The van der Waals surface area contributed by atoms with Gasteiger partial charge in [0.2, 0.25) is 0 Å². The van der Waals surface area contributed by atoms with Gasteiger partial charge in [0.1, 0.15) is 11.4 Å². The molecule has 3 N–H and O–H groups in total. The van der Waals surface area contributed by atoms with Crippen LogP contribution in [-0.4, -0.2) is 17.6 Å². The number of carbonyl (C=O) groups is 1.